The van der Waals surface area contributed by atoms with Crippen LogP contribution in [0.1, 0.15) is 58.8 Å². The Labute approximate surface area is 186 Å². The van der Waals surface area contributed by atoms with Crippen molar-refractivity contribution in [1.29, 1.82) is 0 Å². The van der Waals surface area contributed by atoms with Crippen LogP contribution in [-0.4, -0.2) is 96.6 Å². The maximum atomic E-state index is 13.0. The Morgan fingerprint density at radius 1 is 0.903 bits per heavy atom. The van der Waals surface area contributed by atoms with Crippen LogP contribution in [0.4, 0.5) is 0 Å². The van der Waals surface area contributed by atoms with Gasteiger partial charge in [0.15, 0.2) is 0 Å². The molecule has 2 rings (SSSR count). The van der Waals surface area contributed by atoms with Crippen molar-refractivity contribution in [3.63, 3.8) is 0 Å². The second kappa shape index (κ2) is 12.1. The van der Waals surface area contributed by atoms with Crippen molar-refractivity contribution in [3.8, 4) is 0 Å². The molecule has 2 heterocycles. The van der Waals surface area contributed by atoms with Crippen molar-refractivity contribution < 1.29 is 19.2 Å². The van der Waals surface area contributed by atoms with E-state index in [2.05, 4.69) is 13.8 Å². The largest absolute Gasteiger partial charge is 0.344 e. The smallest absolute Gasteiger partial charge is 0.225 e. The third-order valence-electron chi connectivity index (χ3n) is 6.37. The molecule has 0 unspecified atom stereocenters. The Bertz CT molecular complexity index is 651. The van der Waals surface area contributed by atoms with Gasteiger partial charge in [-0.3, -0.25) is 19.2 Å². The molecule has 2 aliphatic heterocycles. The van der Waals surface area contributed by atoms with E-state index in [-0.39, 0.29) is 29.5 Å². The van der Waals surface area contributed by atoms with Gasteiger partial charge in [0.1, 0.15) is 0 Å². The molecular formula is C23H40N4O4. The van der Waals surface area contributed by atoms with Crippen LogP contribution in [0.3, 0.4) is 0 Å². The Hall–Kier alpha value is -2.12. The summed E-state index contributed by atoms with van der Waals surface area (Å²) in [6, 6.07) is 0. The molecule has 8 heteroatoms. The lowest BCUT2D eigenvalue weighted by Crippen LogP contribution is -2.40. The summed E-state index contributed by atoms with van der Waals surface area (Å²) in [5.41, 5.74) is 0. The highest BCUT2D eigenvalue weighted by Crippen LogP contribution is 2.21. The van der Waals surface area contributed by atoms with Crippen molar-refractivity contribution in [2.45, 2.75) is 58.8 Å². The van der Waals surface area contributed by atoms with Gasteiger partial charge in [-0.15, -0.1) is 0 Å². The number of carbonyl (C=O) groups is 4. The fraction of sp³-hybridized carbons (Fsp3) is 0.826. The SMILES string of the molecule is CC(C)C[C@H](CCC(=O)N(C)CCN1CCCC1=O)C(=O)N(C)CCN1CCCC1=O. The monoisotopic (exact) mass is 436 g/mol. The van der Waals surface area contributed by atoms with E-state index in [1.807, 2.05) is 9.80 Å². The highest BCUT2D eigenvalue weighted by Gasteiger charge is 2.27. The van der Waals surface area contributed by atoms with Crippen LogP contribution >= 0.6 is 0 Å². The van der Waals surface area contributed by atoms with Gasteiger partial charge < -0.3 is 19.6 Å². The maximum Gasteiger partial charge on any atom is 0.225 e. The average molecular weight is 437 g/mol. The minimum Gasteiger partial charge on any atom is -0.344 e. The predicted molar refractivity (Wildman–Crippen MR) is 119 cm³/mol. The molecule has 2 fully saturated rings. The first kappa shape index (κ1) is 25.1. The van der Waals surface area contributed by atoms with Crippen molar-refractivity contribution in [2.24, 2.45) is 11.8 Å². The fourth-order valence-corrected chi connectivity index (χ4v) is 4.37. The highest BCUT2D eigenvalue weighted by atomic mass is 16.2. The summed E-state index contributed by atoms with van der Waals surface area (Å²) >= 11 is 0. The molecule has 0 saturated carbocycles. The number of likely N-dealkylation sites (N-methyl/N-ethyl adjacent to an activating group) is 2. The highest BCUT2D eigenvalue weighted by molar-refractivity contribution is 5.81. The Morgan fingerprint density at radius 3 is 1.87 bits per heavy atom. The van der Waals surface area contributed by atoms with Gasteiger partial charge in [-0.1, -0.05) is 13.8 Å². The van der Waals surface area contributed by atoms with Gasteiger partial charge in [-0.2, -0.15) is 0 Å². The molecule has 176 valence electrons. The first-order chi connectivity index (χ1) is 14.7. The van der Waals surface area contributed by atoms with E-state index in [0.717, 1.165) is 32.4 Å². The molecule has 31 heavy (non-hydrogen) atoms. The fourth-order valence-electron chi connectivity index (χ4n) is 4.37. The molecule has 4 amide bonds. The summed E-state index contributed by atoms with van der Waals surface area (Å²) < 4.78 is 0. The summed E-state index contributed by atoms with van der Waals surface area (Å²) in [6.07, 6.45) is 4.60. The zero-order valence-corrected chi connectivity index (χ0v) is 19.8. The average Bonchev–Trinajstić information content (AvgIpc) is 3.33. The zero-order valence-electron chi connectivity index (χ0n) is 19.8. The first-order valence-corrected chi connectivity index (χ1v) is 11.7. The van der Waals surface area contributed by atoms with E-state index in [4.69, 9.17) is 0 Å². The summed E-state index contributed by atoms with van der Waals surface area (Å²) in [5.74, 6) is 0.566. The Balaban J connectivity index is 1.80. The van der Waals surface area contributed by atoms with Crippen LogP contribution in [0, 0.1) is 11.8 Å². The molecule has 0 radical (unpaired) electrons. The molecule has 2 aliphatic rings. The maximum absolute atomic E-state index is 13.0. The lowest BCUT2D eigenvalue weighted by Gasteiger charge is -2.27. The van der Waals surface area contributed by atoms with Crippen LogP contribution in [0.5, 0.6) is 0 Å². The lowest BCUT2D eigenvalue weighted by molar-refractivity contribution is -0.137. The normalized spacial score (nSPS) is 17.6. The second-order valence-electron chi connectivity index (χ2n) is 9.41. The Kier molecular flexibility index (Phi) is 9.78. The van der Waals surface area contributed by atoms with E-state index in [0.29, 0.717) is 57.8 Å². The van der Waals surface area contributed by atoms with E-state index < -0.39 is 0 Å². The third kappa shape index (κ3) is 7.82. The number of carbonyl (C=O) groups excluding carboxylic acids is 4. The number of rotatable bonds is 12. The minimum atomic E-state index is -0.197. The molecule has 0 bridgehead atoms. The molecular weight excluding hydrogens is 396 g/mol. The van der Waals surface area contributed by atoms with Gasteiger partial charge in [-0.25, -0.2) is 0 Å². The van der Waals surface area contributed by atoms with Gasteiger partial charge >= 0.3 is 0 Å². The van der Waals surface area contributed by atoms with Gasteiger partial charge in [0.2, 0.25) is 23.6 Å². The quantitative estimate of drug-likeness (QED) is 0.465. The van der Waals surface area contributed by atoms with Crippen molar-refractivity contribution in [2.75, 3.05) is 53.4 Å². The number of amides is 4. The lowest BCUT2D eigenvalue weighted by atomic mass is 9.91. The van der Waals surface area contributed by atoms with Gasteiger partial charge in [-0.05, 0) is 31.6 Å². The standard InChI is InChI=1S/C23H40N4O4/c1-18(2)17-19(23(31)25(4)14-16-27-12-6-8-22(27)30)9-10-20(28)24(3)13-15-26-11-5-7-21(26)29/h18-19H,5-17H2,1-4H3/t19-/m0/s1. The van der Waals surface area contributed by atoms with Gasteiger partial charge in [0.25, 0.3) is 0 Å². The number of hydrogen-bond acceptors (Lipinski definition) is 4. The summed E-state index contributed by atoms with van der Waals surface area (Å²) in [4.78, 5) is 56.2. The first-order valence-electron chi connectivity index (χ1n) is 11.7. The van der Waals surface area contributed by atoms with Crippen LogP contribution in [-0.2, 0) is 19.2 Å². The molecule has 2 saturated heterocycles. The molecule has 0 aliphatic carbocycles. The molecule has 0 aromatic carbocycles. The molecule has 0 N–H and O–H groups in total. The summed E-state index contributed by atoms with van der Waals surface area (Å²) in [5, 5.41) is 0. The van der Waals surface area contributed by atoms with Crippen LogP contribution in [0.2, 0.25) is 0 Å². The molecule has 0 spiro atoms. The topological polar surface area (TPSA) is 81.2 Å². The number of likely N-dealkylation sites (tertiary alicyclic amines) is 2. The van der Waals surface area contributed by atoms with Gasteiger partial charge in [0, 0.05) is 78.5 Å². The summed E-state index contributed by atoms with van der Waals surface area (Å²) in [7, 11) is 3.55. The van der Waals surface area contributed by atoms with Gasteiger partial charge in [0.05, 0.1) is 0 Å². The number of nitrogens with zero attached hydrogens (tertiary/aromatic N) is 4. The zero-order chi connectivity index (χ0) is 23.0. The molecule has 0 aromatic rings. The minimum absolute atomic E-state index is 0.0125. The van der Waals surface area contributed by atoms with E-state index in [1.165, 1.54) is 0 Å². The molecule has 1 atom stereocenters. The van der Waals surface area contributed by atoms with Crippen molar-refractivity contribution >= 4 is 23.6 Å². The molecule has 0 aromatic heterocycles. The molecule has 8 nitrogen and oxygen atoms in total. The van der Waals surface area contributed by atoms with E-state index in [9.17, 15) is 19.2 Å². The van der Waals surface area contributed by atoms with Crippen molar-refractivity contribution in [1.82, 2.24) is 19.6 Å². The summed E-state index contributed by atoms with van der Waals surface area (Å²) in [6.45, 7) is 7.93. The Morgan fingerprint density at radius 2 is 1.42 bits per heavy atom. The van der Waals surface area contributed by atoms with Crippen LogP contribution < -0.4 is 0 Å². The van der Waals surface area contributed by atoms with E-state index >= 15 is 0 Å². The van der Waals surface area contributed by atoms with Crippen LogP contribution in [0.15, 0.2) is 0 Å². The van der Waals surface area contributed by atoms with Crippen LogP contribution in [0.25, 0.3) is 0 Å². The third-order valence-corrected chi connectivity index (χ3v) is 6.37. The predicted octanol–water partition coefficient (Wildman–Crippen LogP) is 1.59. The van der Waals surface area contributed by atoms with Crippen molar-refractivity contribution in [3.05, 3.63) is 0 Å². The second-order valence-corrected chi connectivity index (χ2v) is 9.41. The van der Waals surface area contributed by atoms with E-state index in [1.54, 1.807) is 23.9 Å². The number of hydrogen-bond donors (Lipinski definition) is 0.